The van der Waals surface area contributed by atoms with Crippen LogP contribution in [0.25, 0.3) is 223 Å². The van der Waals surface area contributed by atoms with Crippen molar-refractivity contribution in [2.24, 2.45) is 0 Å². The summed E-state index contributed by atoms with van der Waals surface area (Å²) in [7, 11) is 0. The number of aromatic nitrogens is 8. The molecule has 698 valence electrons. The molecule has 0 spiro atoms. The van der Waals surface area contributed by atoms with Gasteiger partial charge < -0.3 is 4.42 Å². The molecule has 0 N–H and O–H groups in total. The molecule has 0 amide bonds. The second-order valence-electron chi connectivity index (χ2n) is 42.0. The van der Waals surface area contributed by atoms with E-state index < -0.39 is 0 Å². The third kappa shape index (κ3) is 15.4. The lowest BCUT2D eigenvalue weighted by atomic mass is 9.54. The largest absolute Gasteiger partial charge is 0.456 e. The molecular weight excluding hydrogens is 1760 g/mol. The summed E-state index contributed by atoms with van der Waals surface area (Å²) >= 11 is 0. The predicted molar refractivity (Wildman–Crippen MR) is 601 cm³/mol. The molecule has 0 aliphatic heterocycles. The molecule has 23 aromatic rings. The van der Waals surface area contributed by atoms with Crippen LogP contribution in [0.2, 0.25) is 0 Å². The van der Waals surface area contributed by atoms with Crippen LogP contribution in [0.15, 0.2) is 441 Å². The number of nitrogens with zero attached hydrogens (tertiary/aromatic N) is 8. The van der Waals surface area contributed by atoms with E-state index in [0.29, 0.717) is 34.9 Å². The van der Waals surface area contributed by atoms with E-state index in [9.17, 15) is 0 Å². The molecule has 0 radical (unpaired) electrons. The minimum atomic E-state index is -0.166. The number of hydrogen-bond acceptors (Lipinski definition) is 9. The number of benzene rings is 19. The molecule has 3 aliphatic rings. The molecule has 0 unspecified atom stereocenters. The van der Waals surface area contributed by atoms with Gasteiger partial charge >= 0.3 is 0 Å². The van der Waals surface area contributed by atoms with E-state index in [0.717, 1.165) is 111 Å². The van der Waals surface area contributed by atoms with E-state index in [2.05, 4.69) is 417 Å². The lowest BCUT2D eigenvalue weighted by Crippen LogP contribution is -2.44. The van der Waals surface area contributed by atoms with E-state index in [-0.39, 0.29) is 32.5 Å². The molecule has 3 aliphatic carbocycles. The van der Waals surface area contributed by atoms with Crippen LogP contribution in [0.4, 0.5) is 0 Å². The molecule has 145 heavy (non-hydrogen) atoms. The second-order valence-corrected chi connectivity index (χ2v) is 42.0. The van der Waals surface area contributed by atoms with Gasteiger partial charge in [-0.15, -0.1) is 0 Å². The summed E-state index contributed by atoms with van der Waals surface area (Å²) < 4.78 is 6.29. The normalized spacial score (nSPS) is 14.4. The van der Waals surface area contributed by atoms with Gasteiger partial charge in [-0.05, 0) is 227 Å². The average molecular weight is 1870 g/mol. The van der Waals surface area contributed by atoms with Crippen LogP contribution in [0.1, 0.15) is 116 Å². The number of hydrogen-bond donors (Lipinski definition) is 0. The molecule has 26 rings (SSSR count). The van der Waals surface area contributed by atoms with Crippen LogP contribution in [0, 0.1) is 0 Å². The van der Waals surface area contributed by atoms with Crippen LogP contribution in [0.3, 0.4) is 0 Å². The molecule has 0 fully saturated rings. The highest BCUT2D eigenvalue weighted by atomic mass is 16.3. The van der Waals surface area contributed by atoms with Crippen LogP contribution in [-0.2, 0) is 32.5 Å². The van der Waals surface area contributed by atoms with Gasteiger partial charge in [-0.2, -0.15) is 0 Å². The van der Waals surface area contributed by atoms with Gasteiger partial charge in [-0.3, -0.25) is 0 Å². The Morgan fingerprint density at radius 2 is 0.531 bits per heavy atom. The molecule has 0 saturated carbocycles. The fraction of sp³-hybridized carbons (Fsp3) is 0.132. The first-order chi connectivity index (χ1) is 70.4. The van der Waals surface area contributed by atoms with Crippen molar-refractivity contribution in [3.8, 4) is 169 Å². The Balaban J connectivity index is 0.000000118. The summed E-state index contributed by atoms with van der Waals surface area (Å²) in [6.07, 6.45) is 0. The van der Waals surface area contributed by atoms with Crippen molar-refractivity contribution in [3.05, 3.63) is 470 Å². The molecule has 19 aromatic carbocycles. The van der Waals surface area contributed by atoms with Crippen molar-refractivity contribution in [3.63, 3.8) is 0 Å². The van der Waals surface area contributed by atoms with Crippen LogP contribution >= 0.6 is 0 Å². The quantitative estimate of drug-likeness (QED) is 0.118. The van der Waals surface area contributed by atoms with Crippen LogP contribution < -0.4 is 0 Å². The molecular formula is C136H108N8O. The topological polar surface area (TPSA) is 116 Å². The Labute approximate surface area is 847 Å². The summed E-state index contributed by atoms with van der Waals surface area (Å²) in [4.78, 5) is 40.9. The minimum absolute atomic E-state index is 0.0929. The third-order valence-electron chi connectivity index (χ3n) is 32.6. The first-order valence-electron chi connectivity index (χ1n) is 50.3. The Bertz CT molecular complexity index is 8920. The maximum Gasteiger partial charge on any atom is 0.164 e. The lowest BCUT2D eigenvalue weighted by molar-refractivity contribution is 0.299. The number of fused-ring (bicyclic) bond motifs is 15. The molecule has 4 heterocycles. The van der Waals surface area contributed by atoms with Gasteiger partial charge in [0.15, 0.2) is 34.9 Å². The van der Waals surface area contributed by atoms with Crippen molar-refractivity contribution >= 4 is 54.5 Å². The maximum atomic E-state index is 6.29. The first-order valence-corrected chi connectivity index (χ1v) is 50.3. The van der Waals surface area contributed by atoms with Gasteiger partial charge in [0.1, 0.15) is 11.2 Å². The van der Waals surface area contributed by atoms with E-state index in [1.165, 1.54) is 111 Å². The number of rotatable bonds is 12. The summed E-state index contributed by atoms with van der Waals surface area (Å²) in [6.45, 7) is 28.7. The van der Waals surface area contributed by atoms with Gasteiger partial charge in [0, 0.05) is 60.7 Å². The van der Waals surface area contributed by atoms with E-state index >= 15 is 0 Å². The third-order valence-corrected chi connectivity index (χ3v) is 32.6. The molecule has 4 aromatic heterocycles. The Hall–Kier alpha value is -17.1. The van der Waals surface area contributed by atoms with Gasteiger partial charge in [0.25, 0.3) is 0 Å². The van der Waals surface area contributed by atoms with Gasteiger partial charge in [-0.25, -0.2) is 39.9 Å². The van der Waals surface area contributed by atoms with Crippen molar-refractivity contribution in [1.29, 1.82) is 0 Å². The van der Waals surface area contributed by atoms with Crippen LogP contribution in [-0.4, -0.2) is 39.9 Å². The van der Waals surface area contributed by atoms with Crippen molar-refractivity contribution in [2.75, 3.05) is 0 Å². The zero-order chi connectivity index (χ0) is 98.8. The van der Waals surface area contributed by atoms with Gasteiger partial charge in [0.05, 0.1) is 22.4 Å². The Morgan fingerprint density at radius 3 is 1.11 bits per heavy atom. The highest BCUT2D eigenvalue weighted by molar-refractivity contribution is 6.08. The Kier molecular flexibility index (Phi) is 22.1. The Morgan fingerprint density at radius 1 is 0.166 bits per heavy atom. The molecule has 9 nitrogen and oxygen atoms in total. The summed E-state index contributed by atoms with van der Waals surface area (Å²) in [5.74, 6) is 3.96. The monoisotopic (exact) mass is 1870 g/mol. The minimum Gasteiger partial charge on any atom is -0.456 e. The standard InChI is InChI=1S/2C49H39N3.C38H30N2O/c1-48(2)42-26-16-25-37(32-17-8-5-9-18-32)44(42)41-28-27-35(31-43(41)49(48,3)4)36-29-30-40(39-24-15-14-23-38(36)39)47-51-45(33-19-10-6-11-20-33)50-46(52-47)34-21-12-7-13-22-34;1-48(2)43-30-35(32-16-8-5-9-17-32)24-26-40(43)41-27-25-36(31-44(41)49(48,3)4)38-28-37-22-14-15-23-39(37)42(29-38)47-51-45(33-18-10-6-11-19-33)50-46(52-47)34-20-12-7-13-21-34;1-37(2)29-16-7-5-12-24(29)27-14-11-15-28(34(27)38(37,3)4)36-35(39-30-17-8-9-18-31(30)40-36)23-20-21-26-25-13-6-10-19-32(25)41-33(26)22-23/h2*5-31H,1-4H3;5-22H,1-4H3. The average Bonchev–Trinajstić information content (AvgIpc) is 1.21. The predicted octanol–water partition coefficient (Wildman–Crippen LogP) is 35.3. The van der Waals surface area contributed by atoms with E-state index in [1.54, 1.807) is 0 Å². The van der Waals surface area contributed by atoms with Crippen molar-refractivity contribution in [2.45, 2.75) is 116 Å². The number of para-hydroxylation sites is 3. The molecule has 0 atom stereocenters. The fourth-order valence-electron chi connectivity index (χ4n) is 22.7. The van der Waals surface area contributed by atoms with E-state index in [4.69, 9.17) is 44.3 Å². The van der Waals surface area contributed by atoms with Gasteiger partial charge in [0.2, 0.25) is 0 Å². The zero-order valence-corrected chi connectivity index (χ0v) is 83.6. The maximum absolute atomic E-state index is 6.29. The van der Waals surface area contributed by atoms with E-state index in [1.807, 2.05) is 103 Å². The number of furan rings is 1. The lowest BCUT2D eigenvalue weighted by Gasteiger charge is -2.49. The highest BCUT2D eigenvalue weighted by Gasteiger charge is 2.50. The zero-order valence-electron chi connectivity index (χ0n) is 83.6. The molecule has 0 saturated heterocycles. The smallest absolute Gasteiger partial charge is 0.164 e. The van der Waals surface area contributed by atoms with Gasteiger partial charge in [-0.1, -0.05) is 453 Å². The van der Waals surface area contributed by atoms with Crippen LogP contribution in [0.5, 0.6) is 0 Å². The summed E-state index contributed by atoms with van der Waals surface area (Å²) in [6, 6.07) is 155. The van der Waals surface area contributed by atoms with Crippen molar-refractivity contribution in [1.82, 2.24) is 39.9 Å². The molecule has 9 heteroatoms. The highest BCUT2D eigenvalue weighted by Crippen LogP contribution is 2.61. The van der Waals surface area contributed by atoms with Crippen molar-refractivity contribution < 1.29 is 4.42 Å². The summed E-state index contributed by atoms with van der Waals surface area (Å²) in [5, 5.41) is 6.77. The second kappa shape index (κ2) is 35.5. The molecule has 0 bridgehead atoms. The fourth-order valence-corrected chi connectivity index (χ4v) is 22.7. The SMILES string of the molecule is CC1(C)c2cc(-c3ccc(-c4nc(-c5ccccc5)nc(-c5ccccc5)n4)c4ccccc34)ccc2-c2c(-c3ccccc3)cccc2C1(C)C.CC1(C)c2cc(-c3ccccc3)ccc2-c2ccc(-c3cc(-c4nc(-c5ccccc5)nc(-c5ccccc5)n4)c4ccccc4c3)cc2C1(C)C.CC1(C)c2ccccc2-c2cccc(-c3nc4ccccc4nc3-c3ccc4c(c3)oc3ccccc34)c2C1(C)C. The summed E-state index contributed by atoms with van der Waals surface area (Å²) in [5.41, 5.74) is 38.3. The first kappa shape index (κ1) is 90.4.